The van der Waals surface area contributed by atoms with Gasteiger partial charge in [-0.15, -0.1) is 0 Å². The van der Waals surface area contributed by atoms with Gasteiger partial charge in [-0.05, 0) is 50.7 Å². The molecule has 0 radical (unpaired) electrons. The van der Waals surface area contributed by atoms with Crippen LogP contribution in [0.1, 0.15) is 13.8 Å². The normalized spacial score (nSPS) is 15.1. The van der Waals surface area contributed by atoms with E-state index in [4.69, 9.17) is 5.73 Å². The number of nitrogens with two attached hydrogens (primary N) is 1. The second-order valence-corrected chi connectivity index (χ2v) is 6.26. The molecule has 0 saturated carbocycles. The first-order chi connectivity index (χ1) is 8.40. The summed E-state index contributed by atoms with van der Waals surface area (Å²) in [6.45, 7) is 4.73. The zero-order valence-electron chi connectivity index (χ0n) is 11.0. The SMILES string of the molecule is CNS(=O)(=O)c1ccc(NC(C)C(C)CN)cc1. The molecule has 0 aliphatic carbocycles. The molecule has 102 valence electrons. The molecule has 6 heteroatoms. The van der Waals surface area contributed by atoms with Crippen molar-refractivity contribution in [2.45, 2.75) is 24.8 Å². The van der Waals surface area contributed by atoms with Crippen molar-refractivity contribution in [1.29, 1.82) is 0 Å². The Hall–Kier alpha value is -1.11. The molecule has 2 unspecified atom stereocenters. The highest BCUT2D eigenvalue weighted by atomic mass is 32.2. The lowest BCUT2D eigenvalue weighted by molar-refractivity contribution is 0.521. The van der Waals surface area contributed by atoms with Gasteiger partial charge in [-0.1, -0.05) is 6.92 Å². The molecule has 2 atom stereocenters. The fraction of sp³-hybridized carbons (Fsp3) is 0.500. The molecule has 18 heavy (non-hydrogen) atoms. The summed E-state index contributed by atoms with van der Waals surface area (Å²) < 4.78 is 25.4. The van der Waals surface area contributed by atoms with E-state index in [1.807, 2.05) is 0 Å². The van der Waals surface area contributed by atoms with Crippen molar-refractivity contribution in [2.75, 3.05) is 18.9 Å². The summed E-state index contributed by atoms with van der Waals surface area (Å²) in [4.78, 5) is 0.259. The van der Waals surface area contributed by atoms with Crippen LogP contribution < -0.4 is 15.8 Å². The van der Waals surface area contributed by atoms with Gasteiger partial charge in [-0.2, -0.15) is 0 Å². The van der Waals surface area contributed by atoms with Gasteiger partial charge in [0.2, 0.25) is 10.0 Å². The molecule has 0 saturated heterocycles. The Morgan fingerprint density at radius 1 is 1.22 bits per heavy atom. The van der Waals surface area contributed by atoms with Crippen molar-refractivity contribution in [3.05, 3.63) is 24.3 Å². The Kier molecular flexibility index (Phi) is 5.13. The molecular weight excluding hydrogens is 250 g/mol. The summed E-state index contributed by atoms with van der Waals surface area (Å²) in [5.41, 5.74) is 6.49. The fourth-order valence-corrected chi connectivity index (χ4v) is 2.19. The molecule has 4 N–H and O–H groups in total. The third-order valence-corrected chi connectivity index (χ3v) is 4.48. The molecular formula is C12H21N3O2S. The molecule has 5 nitrogen and oxygen atoms in total. The number of rotatable bonds is 6. The highest BCUT2D eigenvalue weighted by Gasteiger charge is 2.12. The van der Waals surface area contributed by atoms with Crippen molar-refractivity contribution in [2.24, 2.45) is 11.7 Å². The Balaban J connectivity index is 2.78. The number of sulfonamides is 1. The minimum absolute atomic E-state index is 0.238. The monoisotopic (exact) mass is 271 g/mol. The lowest BCUT2D eigenvalue weighted by atomic mass is 10.0. The van der Waals surface area contributed by atoms with E-state index in [2.05, 4.69) is 23.9 Å². The summed E-state index contributed by atoms with van der Waals surface area (Å²) in [5, 5.41) is 3.29. The number of hydrogen-bond donors (Lipinski definition) is 3. The number of hydrogen-bond acceptors (Lipinski definition) is 4. The fourth-order valence-electron chi connectivity index (χ4n) is 1.46. The molecule has 0 aromatic heterocycles. The van der Waals surface area contributed by atoms with Crippen molar-refractivity contribution < 1.29 is 8.42 Å². The molecule has 1 aromatic rings. The molecule has 0 amide bonds. The van der Waals surface area contributed by atoms with Gasteiger partial charge in [0.1, 0.15) is 0 Å². The molecule has 0 aliphatic heterocycles. The third kappa shape index (κ3) is 3.69. The summed E-state index contributed by atoms with van der Waals surface area (Å²) in [6, 6.07) is 6.90. The van der Waals surface area contributed by atoms with Gasteiger partial charge in [-0.25, -0.2) is 13.1 Å². The van der Waals surface area contributed by atoms with Crippen LogP contribution >= 0.6 is 0 Å². The molecule has 0 heterocycles. The third-order valence-electron chi connectivity index (χ3n) is 3.05. The van der Waals surface area contributed by atoms with Crippen molar-refractivity contribution in [3.8, 4) is 0 Å². The van der Waals surface area contributed by atoms with Crippen LogP contribution in [0.2, 0.25) is 0 Å². The number of anilines is 1. The quantitative estimate of drug-likeness (QED) is 0.720. The van der Waals surface area contributed by atoms with Crippen LogP contribution in [0.4, 0.5) is 5.69 Å². The molecule has 0 aliphatic rings. The first kappa shape index (κ1) is 14.9. The van der Waals surface area contributed by atoms with E-state index in [1.54, 1.807) is 24.3 Å². The Labute approximate surface area is 109 Å². The first-order valence-electron chi connectivity index (χ1n) is 5.91. The summed E-state index contributed by atoms with van der Waals surface area (Å²) >= 11 is 0. The van der Waals surface area contributed by atoms with E-state index in [0.29, 0.717) is 12.5 Å². The Morgan fingerprint density at radius 3 is 2.22 bits per heavy atom. The molecule has 0 fully saturated rings. The highest BCUT2D eigenvalue weighted by Crippen LogP contribution is 2.16. The maximum atomic E-state index is 11.5. The van der Waals surface area contributed by atoms with Gasteiger partial charge in [0.15, 0.2) is 0 Å². The van der Waals surface area contributed by atoms with Gasteiger partial charge >= 0.3 is 0 Å². The van der Waals surface area contributed by atoms with Gasteiger partial charge in [-0.3, -0.25) is 0 Å². The van der Waals surface area contributed by atoms with E-state index < -0.39 is 10.0 Å². The average molecular weight is 271 g/mol. The standard InChI is InChI=1S/C12H21N3O2S/c1-9(8-13)10(2)15-11-4-6-12(7-5-11)18(16,17)14-3/h4-7,9-10,14-15H,8,13H2,1-3H3. The van der Waals surface area contributed by atoms with Crippen LogP contribution in [-0.2, 0) is 10.0 Å². The number of benzene rings is 1. The van der Waals surface area contributed by atoms with Crippen molar-refractivity contribution in [3.63, 3.8) is 0 Å². The van der Waals surface area contributed by atoms with Crippen molar-refractivity contribution >= 4 is 15.7 Å². The molecule has 0 bridgehead atoms. The van der Waals surface area contributed by atoms with Gasteiger partial charge < -0.3 is 11.1 Å². The average Bonchev–Trinajstić information content (AvgIpc) is 2.38. The molecule has 0 spiro atoms. The van der Waals surface area contributed by atoms with Gasteiger partial charge in [0.25, 0.3) is 0 Å². The predicted molar refractivity (Wildman–Crippen MR) is 74.0 cm³/mol. The second-order valence-electron chi connectivity index (χ2n) is 4.38. The summed E-state index contributed by atoms with van der Waals surface area (Å²) in [7, 11) is -1.97. The Bertz CT molecular complexity index is 471. The van der Waals surface area contributed by atoms with E-state index in [-0.39, 0.29) is 10.9 Å². The molecule has 1 aromatic carbocycles. The minimum Gasteiger partial charge on any atom is -0.382 e. The summed E-state index contributed by atoms with van der Waals surface area (Å²) in [6.07, 6.45) is 0. The largest absolute Gasteiger partial charge is 0.382 e. The summed E-state index contributed by atoms with van der Waals surface area (Å²) in [5.74, 6) is 0.353. The first-order valence-corrected chi connectivity index (χ1v) is 7.39. The van der Waals surface area contributed by atoms with Crippen molar-refractivity contribution in [1.82, 2.24) is 4.72 Å². The lowest BCUT2D eigenvalue weighted by Gasteiger charge is -2.21. The van der Waals surface area contributed by atoms with E-state index >= 15 is 0 Å². The van der Waals surface area contributed by atoms with Gasteiger partial charge in [0, 0.05) is 11.7 Å². The Morgan fingerprint density at radius 2 is 1.78 bits per heavy atom. The van der Waals surface area contributed by atoms with Crippen LogP contribution in [0.15, 0.2) is 29.2 Å². The van der Waals surface area contributed by atoms with Crippen LogP contribution in [0, 0.1) is 5.92 Å². The smallest absolute Gasteiger partial charge is 0.240 e. The number of nitrogens with one attached hydrogen (secondary N) is 2. The predicted octanol–water partition coefficient (Wildman–Crippen LogP) is 0.990. The minimum atomic E-state index is -3.36. The zero-order valence-corrected chi connectivity index (χ0v) is 11.8. The van der Waals surface area contributed by atoms with Gasteiger partial charge in [0.05, 0.1) is 4.90 Å². The highest BCUT2D eigenvalue weighted by molar-refractivity contribution is 7.89. The van der Waals surface area contributed by atoms with Crippen LogP contribution in [-0.4, -0.2) is 28.1 Å². The van der Waals surface area contributed by atoms with Crippen LogP contribution in [0.25, 0.3) is 0 Å². The van der Waals surface area contributed by atoms with Crippen LogP contribution in [0.5, 0.6) is 0 Å². The van der Waals surface area contributed by atoms with E-state index in [9.17, 15) is 8.42 Å². The van der Waals surface area contributed by atoms with Crippen LogP contribution in [0.3, 0.4) is 0 Å². The zero-order chi connectivity index (χ0) is 13.8. The maximum absolute atomic E-state index is 11.5. The topological polar surface area (TPSA) is 84.2 Å². The lowest BCUT2D eigenvalue weighted by Crippen LogP contribution is -2.29. The molecule has 1 rings (SSSR count). The van der Waals surface area contributed by atoms with E-state index in [0.717, 1.165) is 5.69 Å². The van der Waals surface area contributed by atoms with E-state index in [1.165, 1.54) is 7.05 Å². The second kappa shape index (κ2) is 6.17. The maximum Gasteiger partial charge on any atom is 0.240 e.